The first-order chi connectivity index (χ1) is 9.69. The van der Waals surface area contributed by atoms with E-state index < -0.39 is 0 Å². The summed E-state index contributed by atoms with van der Waals surface area (Å²) in [5, 5.41) is 2.02. The van der Waals surface area contributed by atoms with E-state index in [0.29, 0.717) is 17.9 Å². The highest BCUT2D eigenvalue weighted by molar-refractivity contribution is 5.17. The molecule has 2 aliphatic rings. The largest absolute Gasteiger partial charge is 0.356 e. The van der Waals surface area contributed by atoms with Gasteiger partial charge in [-0.05, 0) is 24.3 Å². The van der Waals surface area contributed by atoms with Crippen molar-refractivity contribution in [3.05, 3.63) is 35.9 Å². The minimum absolute atomic E-state index is 0.00719. The third-order valence-electron chi connectivity index (χ3n) is 4.31. The van der Waals surface area contributed by atoms with E-state index >= 15 is 0 Å². The summed E-state index contributed by atoms with van der Waals surface area (Å²) in [4.78, 5) is 0. The summed E-state index contributed by atoms with van der Waals surface area (Å²) in [5.74, 6) is 1.26. The molecule has 0 radical (unpaired) electrons. The fraction of sp³-hybridized carbons (Fsp3) is 0.625. The standard InChI is InChI=1S/C16H24N2O2/c1-18(2)17-14(9-11-7-5-4-6-8-11)15-12-10-13(12)16(19-3)20-15/h4-8,12-17H,9-10H2,1-3H3/t12-,13+,14+,15+,16+/m1/s1. The van der Waals surface area contributed by atoms with E-state index in [0.717, 1.165) is 6.42 Å². The first kappa shape index (κ1) is 14.0. The van der Waals surface area contributed by atoms with Crippen LogP contribution in [0.3, 0.4) is 0 Å². The third-order valence-corrected chi connectivity index (χ3v) is 4.31. The molecule has 110 valence electrons. The molecule has 0 bridgehead atoms. The molecular weight excluding hydrogens is 252 g/mol. The van der Waals surface area contributed by atoms with Crippen LogP contribution in [0.2, 0.25) is 0 Å². The van der Waals surface area contributed by atoms with Crippen molar-refractivity contribution in [3.8, 4) is 0 Å². The van der Waals surface area contributed by atoms with Gasteiger partial charge in [0.2, 0.25) is 0 Å². The average molecular weight is 276 g/mol. The first-order valence-corrected chi connectivity index (χ1v) is 7.34. The summed E-state index contributed by atoms with van der Waals surface area (Å²) in [6.07, 6.45) is 2.45. The topological polar surface area (TPSA) is 33.7 Å². The molecule has 1 N–H and O–H groups in total. The lowest BCUT2D eigenvalue weighted by molar-refractivity contribution is -0.146. The summed E-state index contributed by atoms with van der Waals surface area (Å²) >= 11 is 0. The minimum atomic E-state index is -0.00719. The summed E-state index contributed by atoms with van der Waals surface area (Å²) < 4.78 is 11.5. The van der Waals surface area contributed by atoms with Gasteiger partial charge in [0.1, 0.15) is 0 Å². The Bertz CT molecular complexity index is 437. The Morgan fingerprint density at radius 2 is 2.05 bits per heavy atom. The average Bonchev–Trinajstić information content (AvgIpc) is 3.13. The van der Waals surface area contributed by atoms with Crippen molar-refractivity contribution in [3.63, 3.8) is 0 Å². The Morgan fingerprint density at radius 3 is 2.65 bits per heavy atom. The second-order valence-corrected chi connectivity index (χ2v) is 6.09. The van der Waals surface area contributed by atoms with E-state index in [2.05, 4.69) is 35.8 Å². The molecule has 0 aromatic heterocycles. The van der Waals surface area contributed by atoms with Gasteiger partial charge in [-0.25, -0.2) is 5.43 Å². The van der Waals surface area contributed by atoms with Gasteiger partial charge in [0.25, 0.3) is 0 Å². The van der Waals surface area contributed by atoms with Crippen LogP contribution in [0.4, 0.5) is 0 Å². The Hall–Kier alpha value is -0.940. The van der Waals surface area contributed by atoms with Gasteiger partial charge in [0.15, 0.2) is 6.29 Å². The van der Waals surface area contributed by atoms with Crippen molar-refractivity contribution in [2.45, 2.75) is 31.3 Å². The predicted octanol–water partition coefficient (Wildman–Crippen LogP) is 1.67. The zero-order valence-corrected chi connectivity index (χ0v) is 12.5. The second-order valence-electron chi connectivity index (χ2n) is 6.09. The molecule has 0 unspecified atom stereocenters. The van der Waals surface area contributed by atoms with Crippen molar-refractivity contribution in [1.82, 2.24) is 10.4 Å². The summed E-state index contributed by atoms with van der Waals surface area (Å²) in [7, 11) is 5.81. The van der Waals surface area contributed by atoms with Crippen molar-refractivity contribution >= 4 is 0 Å². The molecule has 1 aliphatic heterocycles. The summed E-state index contributed by atoms with van der Waals surface area (Å²) in [6, 6.07) is 10.9. The van der Waals surface area contributed by atoms with Crippen LogP contribution in [0.15, 0.2) is 30.3 Å². The maximum atomic E-state index is 6.10. The fourth-order valence-corrected chi connectivity index (χ4v) is 3.34. The molecule has 1 heterocycles. The van der Waals surface area contributed by atoms with Crippen molar-refractivity contribution < 1.29 is 9.47 Å². The van der Waals surface area contributed by atoms with E-state index in [1.807, 2.05) is 19.1 Å². The number of benzene rings is 1. The van der Waals surface area contributed by atoms with Crippen LogP contribution in [-0.2, 0) is 15.9 Å². The number of hydrazine groups is 1. The zero-order chi connectivity index (χ0) is 14.1. The Labute approximate surface area is 121 Å². The van der Waals surface area contributed by atoms with Crippen molar-refractivity contribution in [2.75, 3.05) is 21.2 Å². The van der Waals surface area contributed by atoms with Crippen LogP contribution in [0.1, 0.15) is 12.0 Å². The van der Waals surface area contributed by atoms with E-state index in [-0.39, 0.29) is 12.4 Å². The Balaban J connectivity index is 1.70. The quantitative estimate of drug-likeness (QED) is 0.802. The van der Waals surface area contributed by atoms with Crippen LogP contribution in [0.5, 0.6) is 0 Å². The molecule has 0 spiro atoms. The molecule has 1 saturated carbocycles. The lowest BCUT2D eigenvalue weighted by atomic mass is 9.99. The molecule has 4 heteroatoms. The smallest absolute Gasteiger partial charge is 0.160 e. The number of nitrogens with one attached hydrogen (secondary N) is 1. The van der Waals surface area contributed by atoms with E-state index in [9.17, 15) is 0 Å². The van der Waals surface area contributed by atoms with Crippen LogP contribution in [0, 0.1) is 11.8 Å². The molecule has 1 saturated heterocycles. The number of hydrogen-bond donors (Lipinski definition) is 1. The SMILES string of the molecule is CO[C@H]1O[C@H]([C@H](Cc2ccccc2)NN(C)C)[C@@H]2C[C@H]12. The Kier molecular flexibility index (Phi) is 4.08. The fourth-order valence-electron chi connectivity index (χ4n) is 3.34. The maximum absolute atomic E-state index is 6.10. The monoisotopic (exact) mass is 276 g/mol. The highest BCUT2D eigenvalue weighted by Crippen LogP contribution is 2.53. The van der Waals surface area contributed by atoms with Crippen LogP contribution < -0.4 is 5.43 Å². The highest BCUT2D eigenvalue weighted by Gasteiger charge is 2.58. The molecule has 0 amide bonds. The lowest BCUT2D eigenvalue weighted by Gasteiger charge is -2.30. The lowest BCUT2D eigenvalue weighted by Crippen LogP contribution is -2.49. The molecule has 4 nitrogen and oxygen atoms in total. The minimum Gasteiger partial charge on any atom is -0.356 e. The molecule has 1 aromatic rings. The Morgan fingerprint density at radius 1 is 1.30 bits per heavy atom. The number of rotatable bonds is 6. The number of methoxy groups -OCH3 is 1. The van der Waals surface area contributed by atoms with Gasteiger partial charge in [-0.1, -0.05) is 30.3 Å². The molecular formula is C16H24N2O2. The van der Waals surface area contributed by atoms with E-state index in [4.69, 9.17) is 9.47 Å². The van der Waals surface area contributed by atoms with Gasteiger partial charge >= 0.3 is 0 Å². The normalized spacial score (nSPS) is 33.2. The van der Waals surface area contributed by atoms with Gasteiger partial charge in [-0.2, -0.15) is 0 Å². The number of fused-ring (bicyclic) bond motifs is 1. The molecule has 20 heavy (non-hydrogen) atoms. The zero-order valence-electron chi connectivity index (χ0n) is 12.5. The van der Waals surface area contributed by atoms with E-state index in [1.54, 1.807) is 7.11 Å². The number of nitrogens with zero attached hydrogens (tertiary/aromatic N) is 1. The van der Waals surface area contributed by atoms with Gasteiger partial charge in [0.05, 0.1) is 12.1 Å². The summed E-state index contributed by atoms with van der Waals surface area (Å²) in [5.41, 5.74) is 4.87. The summed E-state index contributed by atoms with van der Waals surface area (Å²) in [6.45, 7) is 0. The second kappa shape index (κ2) is 5.82. The molecule has 5 atom stereocenters. The van der Waals surface area contributed by atoms with Gasteiger partial charge in [0, 0.05) is 27.1 Å². The van der Waals surface area contributed by atoms with Gasteiger partial charge < -0.3 is 9.47 Å². The third kappa shape index (κ3) is 2.88. The first-order valence-electron chi connectivity index (χ1n) is 7.34. The number of ether oxygens (including phenoxy) is 2. The molecule has 3 rings (SSSR count). The molecule has 1 aliphatic carbocycles. The molecule has 1 aromatic carbocycles. The maximum Gasteiger partial charge on any atom is 0.160 e. The van der Waals surface area contributed by atoms with Gasteiger partial charge in [-0.3, -0.25) is 5.01 Å². The van der Waals surface area contributed by atoms with Crippen LogP contribution >= 0.6 is 0 Å². The van der Waals surface area contributed by atoms with Crippen molar-refractivity contribution in [2.24, 2.45) is 11.8 Å². The van der Waals surface area contributed by atoms with Crippen LogP contribution in [-0.4, -0.2) is 44.6 Å². The van der Waals surface area contributed by atoms with Crippen molar-refractivity contribution in [1.29, 1.82) is 0 Å². The van der Waals surface area contributed by atoms with Gasteiger partial charge in [-0.15, -0.1) is 0 Å². The molecule has 2 fully saturated rings. The highest BCUT2D eigenvalue weighted by atomic mass is 16.7. The van der Waals surface area contributed by atoms with E-state index in [1.165, 1.54) is 12.0 Å². The number of hydrogen-bond acceptors (Lipinski definition) is 4. The van der Waals surface area contributed by atoms with Crippen LogP contribution in [0.25, 0.3) is 0 Å². The predicted molar refractivity (Wildman–Crippen MR) is 78.0 cm³/mol.